The van der Waals surface area contributed by atoms with Gasteiger partial charge in [0.25, 0.3) is 0 Å². The molecule has 0 aliphatic carbocycles. The summed E-state index contributed by atoms with van der Waals surface area (Å²) in [7, 11) is 0. The van der Waals surface area contributed by atoms with Gasteiger partial charge in [-0.2, -0.15) is 0 Å². The molecule has 0 radical (unpaired) electrons. The number of nitrogens with one attached hydrogen (secondary N) is 1. The van der Waals surface area contributed by atoms with Gasteiger partial charge in [-0.05, 0) is 50.2 Å². The zero-order valence-corrected chi connectivity index (χ0v) is 21.8. The van der Waals surface area contributed by atoms with Crippen LogP contribution in [0.3, 0.4) is 0 Å². The zero-order chi connectivity index (χ0) is 25.5. The van der Waals surface area contributed by atoms with Gasteiger partial charge in [-0.15, -0.1) is 21.5 Å². The minimum Gasteiger partial charge on any atom is -0.483 e. The van der Waals surface area contributed by atoms with E-state index in [9.17, 15) is 9.59 Å². The van der Waals surface area contributed by atoms with Crippen LogP contribution in [0.4, 0.5) is 5.13 Å². The fourth-order valence-electron chi connectivity index (χ4n) is 3.14. The number of nitrogens with zero attached hydrogens (tertiary/aromatic N) is 4. The molecule has 36 heavy (non-hydrogen) atoms. The SMILES string of the molecule is CCOC(=O)c1csc(NC(=O)CSc2nnc(C(C)Oc3ccc(Cl)cc3)n2-c2ccccc2)n1. The van der Waals surface area contributed by atoms with Crippen molar-refractivity contribution in [3.8, 4) is 11.4 Å². The van der Waals surface area contributed by atoms with E-state index in [-0.39, 0.29) is 24.0 Å². The molecule has 0 fully saturated rings. The second-order valence-corrected chi connectivity index (χ2v) is 9.56. The maximum absolute atomic E-state index is 12.6. The van der Waals surface area contributed by atoms with Crippen LogP contribution < -0.4 is 10.1 Å². The van der Waals surface area contributed by atoms with Gasteiger partial charge in [0.1, 0.15) is 5.75 Å². The van der Waals surface area contributed by atoms with E-state index in [1.807, 2.05) is 41.8 Å². The van der Waals surface area contributed by atoms with Crippen molar-refractivity contribution in [3.63, 3.8) is 0 Å². The van der Waals surface area contributed by atoms with Crippen molar-refractivity contribution in [1.29, 1.82) is 0 Å². The molecule has 9 nitrogen and oxygen atoms in total. The number of halogens is 1. The third kappa shape index (κ3) is 6.42. The average Bonchev–Trinajstić information content (AvgIpc) is 3.52. The summed E-state index contributed by atoms with van der Waals surface area (Å²) in [5.41, 5.74) is 0.999. The first-order valence-electron chi connectivity index (χ1n) is 10.9. The zero-order valence-electron chi connectivity index (χ0n) is 19.4. The Bertz CT molecular complexity index is 1330. The Morgan fingerprint density at radius 1 is 1.14 bits per heavy atom. The fraction of sp³-hybridized carbons (Fsp3) is 0.208. The topological polar surface area (TPSA) is 108 Å². The van der Waals surface area contributed by atoms with E-state index >= 15 is 0 Å². The Morgan fingerprint density at radius 3 is 2.61 bits per heavy atom. The Hall–Kier alpha value is -3.41. The summed E-state index contributed by atoms with van der Waals surface area (Å²) >= 11 is 8.35. The van der Waals surface area contributed by atoms with Crippen LogP contribution in [0.5, 0.6) is 5.75 Å². The number of hydrogen-bond acceptors (Lipinski definition) is 9. The van der Waals surface area contributed by atoms with E-state index in [2.05, 4.69) is 20.5 Å². The lowest BCUT2D eigenvalue weighted by molar-refractivity contribution is -0.113. The van der Waals surface area contributed by atoms with Crippen LogP contribution >= 0.6 is 34.7 Å². The smallest absolute Gasteiger partial charge is 0.357 e. The molecule has 1 atom stereocenters. The van der Waals surface area contributed by atoms with Crippen molar-refractivity contribution in [3.05, 3.63) is 76.5 Å². The molecule has 4 rings (SSSR count). The summed E-state index contributed by atoms with van der Waals surface area (Å²) in [5.74, 6) is 0.472. The van der Waals surface area contributed by atoms with Crippen LogP contribution in [0.1, 0.15) is 36.3 Å². The van der Waals surface area contributed by atoms with Crippen molar-refractivity contribution in [1.82, 2.24) is 19.7 Å². The first-order chi connectivity index (χ1) is 17.4. The van der Waals surface area contributed by atoms with Gasteiger partial charge in [-0.25, -0.2) is 9.78 Å². The lowest BCUT2D eigenvalue weighted by atomic mass is 10.3. The number of esters is 1. The fourth-order valence-corrected chi connectivity index (χ4v) is 4.72. The van der Waals surface area contributed by atoms with Gasteiger partial charge in [0.15, 0.2) is 27.9 Å². The van der Waals surface area contributed by atoms with Gasteiger partial charge in [0, 0.05) is 16.1 Å². The molecule has 2 aromatic carbocycles. The minimum atomic E-state index is -0.526. The van der Waals surface area contributed by atoms with Gasteiger partial charge in [-0.3, -0.25) is 9.36 Å². The number of aromatic nitrogens is 4. The van der Waals surface area contributed by atoms with Crippen LogP contribution in [0.2, 0.25) is 5.02 Å². The third-order valence-electron chi connectivity index (χ3n) is 4.73. The number of carbonyl (C=O) groups excluding carboxylic acids is 2. The van der Waals surface area contributed by atoms with Crippen LogP contribution in [-0.4, -0.2) is 44.0 Å². The maximum atomic E-state index is 12.6. The third-order valence-corrected chi connectivity index (χ3v) is 6.67. The standard InChI is InChI=1S/C24H22ClN5O4S2/c1-3-33-22(32)19-13-35-23(26-19)27-20(31)14-36-24-29-28-21(30(24)17-7-5-4-6-8-17)15(2)34-18-11-9-16(25)10-12-18/h4-13,15H,3,14H2,1-2H3,(H,26,27,31). The molecule has 1 unspecified atom stereocenters. The van der Waals surface area contributed by atoms with Crippen molar-refractivity contribution < 1.29 is 19.1 Å². The largest absolute Gasteiger partial charge is 0.483 e. The Morgan fingerprint density at radius 2 is 1.89 bits per heavy atom. The van der Waals surface area contributed by atoms with Crippen molar-refractivity contribution >= 4 is 51.7 Å². The molecule has 0 aliphatic rings. The molecule has 4 aromatic rings. The number of ether oxygens (including phenoxy) is 2. The number of carbonyl (C=O) groups is 2. The highest BCUT2D eigenvalue weighted by molar-refractivity contribution is 7.99. The van der Waals surface area contributed by atoms with Gasteiger partial charge in [0.2, 0.25) is 5.91 Å². The summed E-state index contributed by atoms with van der Waals surface area (Å²) in [6, 6.07) is 16.7. The van der Waals surface area contributed by atoms with Crippen LogP contribution in [0.25, 0.3) is 5.69 Å². The van der Waals surface area contributed by atoms with E-state index < -0.39 is 12.1 Å². The number of benzene rings is 2. The summed E-state index contributed by atoms with van der Waals surface area (Å²) in [6.45, 7) is 3.85. The number of para-hydroxylation sites is 1. The maximum Gasteiger partial charge on any atom is 0.357 e. The number of amides is 1. The quantitative estimate of drug-likeness (QED) is 0.208. The number of thioether (sulfide) groups is 1. The van der Waals surface area contributed by atoms with Gasteiger partial charge in [0.05, 0.1) is 12.4 Å². The van der Waals surface area contributed by atoms with Crippen LogP contribution in [0, 0.1) is 0 Å². The predicted octanol–water partition coefficient (Wildman–Crippen LogP) is 5.42. The normalized spacial score (nSPS) is 11.6. The predicted molar refractivity (Wildman–Crippen MR) is 139 cm³/mol. The van der Waals surface area contributed by atoms with E-state index in [1.54, 1.807) is 36.6 Å². The molecule has 0 spiro atoms. The average molecular weight is 544 g/mol. The van der Waals surface area contributed by atoms with E-state index in [4.69, 9.17) is 21.1 Å². The monoisotopic (exact) mass is 543 g/mol. The molecule has 2 aromatic heterocycles. The second-order valence-electron chi connectivity index (χ2n) is 7.32. The van der Waals surface area contributed by atoms with Gasteiger partial charge < -0.3 is 14.8 Å². The number of hydrogen-bond donors (Lipinski definition) is 1. The molecule has 0 saturated carbocycles. The second kappa shape index (κ2) is 12.0. The molecule has 1 N–H and O–H groups in total. The summed E-state index contributed by atoms with van der Waals surface area (Å²) < 4.78 is 12.8. The summed E-state index contributed by atoms with van der Waals surface area (Å²) in [4.78, 5) is 28.5. The minimum absolute atomic E-state index is 0.0612. The van der Waals surface area contributed by atoms with Crippen molar-refractivity contribution in [2.45, 2.75) is 25.1 Å². The molecule has 12 heteroatoms. The molecule has 2 heterocycles. The molecule has 0 saturated heterocycles. The van der Waals surface area contributed by atoms with Gasteiger partial charge in [-0.1, -0.05) is 41.6 Å². The van der Waals surface area contributed by atoms with E-state index in [0.717, 1.165) is 17.0 Å². The summed E-state index contributed by atoms with van der Waals surface area (Å²) in [5, 5.41) is 14.4. The van der Waals surface area contributed by atoms with E-state index in [1.165, 1.54) is 11.8 Å². The Balaban J connectivity index is 1.48. The molecule has 0 aliphatic heterocycles. The highest BCUT2D eigenvalue weighted by atomic mass is 35.5. The van der Waals surface area contributed by atoms with E-state index in [0.29, 0.717) is 26.9 Å². The van der Waals surface area contributed by atoms with Gasteiger partial charge >= 0.3 is 5.97 Å². The number of rotatable bonds is 10. The number of anilines is 1. The van der Waals surface area contributed by atoms with Crippen molar-refractivity contribution in [2.75, 3.05) is 17.7 Å². The molecule has 186 valence electrons. The van der Waals surface area contributed by atoms with Crippen LogP contribution in [0.15, 0.2) is 65.1 Å². The molecular formula is C24H22ClN5O4S2. The van der Waals surface area contributed by atoms with Crippen LogP contribution in [-0.2, 0) is 9.53 Å². The molecule has 0 bridgehead atoms. The summed E-state index contributed by atoms with van der Waals surface area (Å²) in [6.07, 6.45) is -0.432. The first-order valence-corrected chi connectivity index (χ1v) is 13.2. The van der Waals surface area contributed by atoms with Crippen molar-refractivity contribution in [2.24, 2.45) is 0 Å². The molecule has 1 amide bonds. The Kier molecular flexibility index (Phi) is 8.57. The lowest BCUT2D eigenvalue weighted by Crippen LogP contribution is -2.15. The highest BCUT2D eigenvalue weighted by Gasteiger charge is 2.22. The number of thiazole rings is 1. The Labute approximate surface area is 220 Å². The highest BCUT2D eigenvalue weighted by Crippen LogP contribution is 2.28. The molecular weight excluding hydrogens is 522 g/mol. The lowest BCUT2D eigenvalue weighted by Gasteiger charge is -2.16. The first kappa shape index (κ1) is 25.7.